The maximum absolute atomic E-state index is 11.6. The van der Waals surface area contributed by atoms with E-state index in [0.29, 0.717) is 5.65 Å². The molecule has 0 aliphatic heterocycles. The van der Waals surface area contributed by atoms with Gasteiger partial charge >= 0.3 is 5.69 Å². The van der Waals surface area contributed by atoms with Crippen molar-refractivity contribution in [2.24, 2.45) is 0 Å². The summed E-state index contributed by atoms with van der Waals surface area (Å²) in [5.74, 6) is 0. The summed E-state index contributed by atoms with van der Waals surface area (Å²) in [6.07, 6.45) is 3.41. The maximum Gasteiger partial charge on any atom is 0.347 e. The highest BCUT2D eigenvalue weighted by Crippen LogP contribution is 2.23. The zero-order valence-electron chi connectivity index (χ0n) is 11.7. The topological polar surface area (TPSA) is 67.5 Å². The fraction of sp³-hybridized carbons (Fsp3) is 0.133. The second-order valence-electron chi connectivity index (χ2n) is 5.18. The zero-order valence-corrected chi connectivity index (χ0v) is 11.7. The Morgan fingerprint density at radius 1 is 1.10 bits per heavy atom. The molecular weight excluding hydrogens is 266 g/mol. The van der Waals surface area contributed by atoms with E-state index < -0.39 is 0 Å². The number of aromatic nitrogens is 5. The molecule has 0 atom stereocenters. The van der Waals surface area contributed by atoms with Gasteiger partial charge in [0.15, 0.2) is 5.65 Å². The third-order valence-corrected chi connectivity index (χ3v) is 3.83. The molecule has 0 fully saturated rings. The molecule has 0 amide bonds. The van der Waals surface area contributed by atoms with Crippen LogP contribution >= 0.6 is 0 Å². The summed E-state index contributed by atoms with van der Waals surface area (Å²) in [6.45, 7) is 4.17. The van der Waals surface area contributed by atoms with Gasteiger partial charge in [-0.15, -0.1) is 0 Å². The highest BCUT2D eigenvalue weighted by atomic mass is 16.1. The van der Waals surface area contributed by atoms with Gasteiger partial charge in [0, 0.05) is 18.0 Å². The second-order valence-corrected chi connectivity index (χ2v) is 5.18. The minimum Gasteiger partial charge on any atom is -0.247 e. The van der Waals surface area contributed by atoms with Crippen molar-refractivity contribution in [1.82, 2.24) is 24.2 Å². The molecule has 1 N–H and O–H groups in total. The molecule has 6 nitrogen and oxygen atoms in total. The Kier molecular flexibility index (Phi) is 2.29. The molecule has 0 radical (unpaired) electrons. The van der Waals surface area contributed by atoms with Gasteiger partial charge in [0.2, 0.25) is 0 Å². The first-order valence-electron chi connectivity index (χ1n) is 6.66. The van der Waals surface area contributed by atoms with Crippen LogP contribution < -0.4 is 5.69 Å². The number of benzene rings is 1. The normalized spacial score (nSPS) is 11.5. The number of rotatable bonds is 1. The molecule has 3 heterocycles. The Balaban J connectivity index is 2.00. The third-order valence-electron chi connectivity index (χ3n) is 3.83. The van der Waals surface area contributed by atoms with Crippen molar-refractivity contribution in [1.29, 1.82) is 0 Å². The van der Waals surface area contributed by atoms with Crippen LogP contribution in [0.3, 0.4) is 0 Å². The van der Waals surface area contributed by atoms with Crippen LogP contribution in [0.4, 0.5) is 0 Å². The number of nitrogens with zero attached hydrogens (tertiary/aromatic N) is 4. The summed E-state index contributed by atoms with van der Waals surface area (Å²) in [5.41, 5.74) is 5.52. The lowest BCUT2D eigenvalue weighted by Gasteiger charge is -2.01. The Morgan fingerprint density at radius 3 is 2.76 bits per heavy atom. The monoisotopic (exact) mass is 279 g/mol. The van der Waals surface area contributed by atoms with E-state index in [1.54, 1.807) is 16.9 Å². The Morgan fingerprint density at radius 2 is 1.95 bits per heavy atom. The highest BCUT2D eigenvalue weighted by Gasteiger charge is 2.10. The number of aryl methyl sites for hydroxylation is 2. The third kappa shape index (κ3) is 1.69. The van der Waals surface area contributed by atoms with Crippen LogP contribution in [-0.2, 0) is 0 Å². The van der Waals surface area contributed by atoms with Crippen molar-refractivity contribution in [3.8, 4) is 11.3 Å². The van der Waals surface area contributed by atoms with E-state index in [4.69, 9.17) is 0 Å². The van der Waals surface area contributed by atoms with Crippen LogP contribution in [0.1, 0.15) is 11.1 Å². The Bertz CT molecular complexity index is 1040. The second kappa shape index (κ2) is 4.05. The molecule has 104 valence electrons. The van der Waals surface area contributed by atoms with Gasteiger partial charge in [-0.1, -0.05) is 12.1 Å². The van der Waals surface area contributed by atoms with Gasteiger partial charge in [0.25, 0.3) is 0 Å². The van der Waals surface area contributed by atoms with E-state index in [1.165, 1.54) is 15.5 Å². The molecule has 0 saturated carbocycles. The van der Waals surface area contributed by atoms with Crippen molar-refractivity contribution < 1.29 is 0 Å². The highest BCUT2D eigenvalue weighted by molar-refractivity contribution is 5.76. The number of nitrogens with one attached hydrogen (secondary N) is 1. The molecule has 0 spiro atoms. The number of hydrogen-bond donors (Lipinski definition) is 1. The number of aromatic amines is 1. The van der Waals surface area contributed by atoms with Gasteiger partial charge in [-0.25, -0.2) is 18.8 Å². The van der Waals surface area contributed by atoms with Crippen molar-refractivity contribution in [2.45, 2.75) is 13.8 Å². The molecule has 1 aromatic carbocycles. The van der Waals surface area contributed by atoms with Crippen LogP contribution in [0, 0.1) is 13.8 Å². The summed E-state index contributed by atoms with van der Waals surface area (Å²) in [7, 11) is 0. The van der Waals surface area contributed by atoms with Crippen molar-refractivity contribution in [2.75, 3.05) is 0 Å². The predicted molar refractivity (Wildman–Crippen MR) is 79.5 cm³/mol. The van der Waals surface area contributed by atoms with Crippen molar-refractivity contribution >= 4 is 11.2 Å². The van der Waals surface area contributed by atoms with Crippen LogP contribution in [0.15, 0.2) is 41.5 Å². The molecule has 4 rings (SSSR count). The molecule has 6 heteroatoms. The van der Waals surface area contributed by atoms with Gasteiger partial charge in [-0.3, -0.25) is 0 Å². The van der Waals surface area contributed by atoms with Crippen LogP contribution in [0.5, 0.6) is 0 Å². The minimum absolute atomic E-state index is 0.249. The standard InChI is InChI=1S/C15H13N5O/c1-9-3-4-11(7-10(9)2)12-8-13-14-16-17-15(21)19(14)5-6-20(13)18-12/h3-8H,1-2H3,(H,17,21). The lowest BCUT2D eigenvalue weighted by Crippen LogP contribution is -2.09. The van der Waals surface area contributed by atoms with Gasteiger partial charge in [-0.05, 0) is 37.1 Å². The van der Waals surface area contributed by atoms with E-state index in [9.17, 15) is 4.79 Å². The molecule has 0 unspecified atom stereocenters. The summed E-state index contributed by atoms with van der Waals surface area (Å²) >= 11 is 0. The van der Waals surface area contributed by atoms with Crippen LogP contribution in [0.25, 0.3) is 22.4 Å². The van der Waals surface area contributed by atoms with E-state index in [1.807, 2.05) is 6.07 Å². The average Bonchev–Trinajstić information content (AvgIpc) is 3.05. The van der Waals surface area contributed by atoms with Crippen LogP contribution in [0.2, 0.25) is 0 Å². The molecule has 0 aliphatic carbocycles. The lowest BCUT2D eigenvalue weighted by molar-refractivity contribution is 0.936. The Labute approximate surface area is 119 Å². The molecule has 0 saturated heterocycles. The summed E-state index contributed by atoms with van der Waals surface area (Å²) in [5, 5.41) is 11.1. The molecule has 4 aromatic rings. The summed E-state index contributed by atoms with van der Waals surface area (Å²) in [6, 6.07) is 8.20. The van der Waals surface area contributed by atoms with Crippen molar-refractivity contribution in [3.63, 3.8) is 0 Å². The molecule has 0 bridgehead atoms. The smallest absolute Gasteiger partial charge is 0.247 e. The average molecular weight is 279 g/mol. The minimum atomic E-state index is -0.249. The first kappa shape index (κ1) is 11.9. The maximum atomic E-state index is 11.6. The van der Waals surface area contributed by atoms with Crippen molar-refractivity contribution in [3.05, 3.63) is 58.3 Å². The predicted octanol–water partition coefficient (Wildman–Crippen LogP) is 1.95. The number of H-pyrrole nitrogens is 1. The molecule has 21 heavy (non-hydrogen) atoms. The van der Waals surface area contributed by atoms with E-state index in [0.717, 1.165) is 16.8 Å². The molecule has 0 aliphatic rings. The summed E-state index contributed by atoms with van der Waals surface area (Å²) < 4.78 is 3.21. The SMILES string of the molecule is Cc1ccc(-c2cc3c4n[nH]c(=O)n4ccn3n2)cc1C. The van der Waals surface area contributed by atoms with Gasteiger partial charge in [-0.2, -0.15) is 10.2 Å². The first-order valence-corrected chi connectivity index (χ1v) is 6.66. The van der Waals surface area contributed by atoms with Gasteiger partial charge in [0.05, 0.1) is 5.69 Å². The first-order chi connectivity index (χ1) is 10.1. The number of fused-ring (bicyclic) bond motifs is 3. The largest absolute Gasteiger partial charge is 0.347 e. The lowest BCUT2D eigenvalue weighted by atomic mass is 10.0. The van der Waals surface area contributed by atoms with Crippen LogP contribution in [-0.4, -0.2) is 24.2 Å². The Hall–Kier alpha value is -2.89. The fourth-order valence-electron chi connectivity index (χ4n) is 2.47. The van der Waals surface area contributed by atoms with Gasteiger partial charge in [0.1, 0.15) is 5.52 Å². The molecular formula is C15H13N5O. The fourth-order valence-corrected chi connectivity index (χ4v) is 2.47. The quantitative estimate of drug-likeness (QED) is 0.579. The number of hydrogen-bond acceptors (Lipinski definition) is 3. The van der Waals surface area contributed by atoms with E-state index in [2.05, 4.69) is 47.3 Å². The van der Waals surface area contributed by atoms with E-state index >= 15 is 0 Å². The van der Waals surface area contributed by atoms with E-state index in [-0.39, 0.29) is 5.69 Å². The zero-order chi connectivity index (χ0) is 14.6. The van der Waals surface area contributed by atoms with Gasteiger partial charge < -0.3 is 0 Å². The summed E-state index contributed by atoms with van der Waals surface area (Å²) in [4.78, 5) is 11.6. The molecule has 3 aromatic heterocycles.